The van der Waals surface area contributed by atoms with Crippen molar-refractivity contribution >= 4 is 17.8 Å². The molecular weight excluding hydrogens is 284 g/mol. The fourth-order valence-electron chi connectivity index (χ4n) is 4.70. The Labute approximate surface area is 132 Å². The van der Waals surface area contributed by atoms with E-state index >= 15 is 0 Å². The molecule has 7 atom stereocenters. The molecule has 3 heterocycles. The highest BCUT2D eigenvalue weighted by atomic mass is 35.5. The summed E-state index contributed by atoms with van der Waals surface area (Å²) < 4.78 is 5.61. The quantitative estimate of drug-likeness (QED) is 0.628. The van der Waals surface area contributed by atoms with Gasteiger partial charge in [0.25, 0.3) is 0 Å². The van der Waals surface area contributed by atoms with E-state index in [1.807, 2.05) is 0 Å². The SMILES string of the molecule is ClC1C=CC(C2C=NC3NCC(C4CCOC4)C3C2)CC1. The van der Waals surface area contributed by atoms with Crippen molar-refractivity contribution in [2.24, 2.45) is 34.6 Å². The third-order valence-electron chi connectivity index (χ3n) is 5.96. The monoisotopic (exact) mass is 308 g/mol. The Balaban J connectivity index is 1.46. The Morgan fingerprint density at radius 3 is 2.81 bits per heavy atom. The minimum atomic E-state index is 0.242. The van der Waals surface area contributed by atoms with Crippen molar-refractivity contribution in [1.82, 2.24) is 5.32 Å². The van der Waals surface area contributed by atoms with Crippen molar-refractivity contribution in [2.75, 3.05) is 19.8 Å². The number of alkyl halides is 1. The first-order valence-corrected chi connectivity index (χ1v) is 8.92. The van der Waals surface area contributed by atoms with Crippen LogP contribution in [0.2, 0.25) is 0 Å². The van der Waals surface area contributed by atoms with Gasteiger partial charge < -0.3 is 4.74 Å². The smallest absolute Gasteiger partial charge is 0.102 e. The van der Waals surface area contributed by atoms with Crippen LogP contribution in [0.4, 0.5) is 0 Å². The second-order valence-electron chi connectivity index (χ2n) is 7.14. The van der Waals surface area contributed by atoms with Crippen LogP contribution in [0.3, 0.4) is 0 Å². The molecule has 2 fully saturated rings. The lowest BCUT2D eigenvalue weighted by Crippen LogP contribution is -2.35. The van der Waals surface area contributed by atoms with Crippen molar-refractivity contribution in [3.63, 3.8) is 0 Å². The summed E-state index contributed by atoms with van der Waals surface area (Å²) in [7, 11) is 0. The maximum absolute atomic E-state index is 6.17. The van der Waals surface area contributed by atoms with E-state index in [0.29, 0.717) is 23.9 Å². The van der Waals surface area contributed by atoms with Crippen molar-refractivity contribution in [3.05, 3.63) is 12.2 Å². The molecule has 4 aliphatic rings. The number of hydrogen-bond donors (Lipinski definition) is 1. The lowest BCUT2D eigenvalue weighted by Gasteiger charge is -2.35. The summed E-state index contributed by atoms with van der Waals surface area (Å²) in [5.74, 6) is 3.46. The van der Waals surface area contributed by atoms with Crippen LogP contribution in [-0.2, 0) is 4.74 Å². The van der Waals surface area contributed by atoms with E-state index < -0.39 is 0 Å². The highest BCUT2D eigenvalue weighted by Crippen LogP contribution is 2.42. The number of ether oxygens (including phenoxy) is 1. The molecule has 0 spiro atoms. The molecule has 0 aromatic rings. The zero-order chi connectivity index (χ0) is 14.2. The molecule has 7 unspecified atom stereocenters. The maximum atomic E-state index is 6.17. The first-order valence-electron chi connectivity index (χ1n) is 8.48. The highest BCUT2D eigenvalue weighted by molar-refractivity contribution is 6.21. The van der Waals surface area contributed by atoms with E-state index in [4.69, 9.17) is 21.3 Å². The molecule has 4 rings (SSSR count). The molecule has 0 saturated carbocycles. The summed E-state index contributed by atoms with van der Waals surface area (Å²) in [5.41, 5.74) is 0. The van der Waals surface area contributed by atoms with E-state index in [1.54, 1.807) is 0 Å². The van der Waals surface area contributed by atoms with Gasteiger partial charge in [0.2, 0.25) is 0 Å². The second kappa shape index (κ2) is 6.02. The standard InChI is InChI=1S/C17H25ClN2O/c18-14-3-1-11(2-4-14)13-7-15-16(12-5-6-21-10-12)9-20-17(15)19-8-13/h1,3,8,11-17,20H,2,4-7,9-10H2. The number of nitrogens with zero attached hydrogens (tertiary/aromatic N) is 1. The third-order valence-corrected chi connectivity index (χ3v) is 6.33. The van der Waals surface area contributed by atoms with Crippen LogP contribution < -0.4 is 5.32 Å². The van der Waals surface area contributed by atoms with Gasteiger partial charge in [-0.25, -0.2) is 0 Å². The number of halogens is 1. The Kier molecular flexibility index (Phi) is 4.08. The average molecular weight is 309 g/mol. The van der Waals surface area contributed by atoms with Crippen molar-refractivity contribution in [3.8, 4) is 0 Å². The fraction of sp³-hybridized carbons (Fsp3) is 0.824. The van der Waals surface area contributed by atoms with E-state index in [0.717, 1.165) is 38.0 Å². The highest BCUT2D eigenvalue weighted by Gasteiger charge is 2.44. The van der Waals surface area contributed by atoms with E-state index in [-0.39, 0.29) is 5.38 Å². The second-order valence-corrected chi connectivity index (χ2v) is 7.70. The topological polar surface area (TPSA) is 33.6 Å². The molecule has 0 bridgehead atoms. The van der Waals surface area contributed by atoms with Gasteiger partial charge in [-0.2, -0.15) is 0 Å². The molecule has 0 radical (unpaired) electrons. The van der Waals surface area contributed by atoms with Gasteiger partial charge in [-0.1, -0.05) is 12.2 Å². The normalized spacial score (nSPS) is 49.5. The molecule has 21 heavy (non-hydrogen) atoms. The Hall–Kier alpha value is -0.380. The largest absolute Gasteiger partial charge is 0.381 e. The van der Waals surface area contributed by atoms with Gasteiger partial charge in [0, 0.05) is 31.9 Å². The summed E-state index contributed by atoms with van der Waals surface area (Å²) in [6, 6.07) is 0. The van der Waals surface area contributed by atoms with Gasteiger partial charge in [0.15, 0.2) is 0 Å². The molecule has 4 heteroatoms. The van der Waals surface area contributed by atoms with Gasteiger partial charge in [0.05, 0.1) is 5.38 Å². The first-order chi connectivity index (χ1) is 10.3. The molecule has 0 amide bonds. The molecule has 2 saturated heterocycles. The summed E-state index contributed by atoms with van der Waals surface area (Å²) in [4.78, 5) is 4.84. The van der Waals surface area contributed by atoms with E-state index in [1.165, 1.54) is 19.3 Å². The zero-order valence-electron chi connectivity index (χ0n) is 12.5. The molecular formula is C17H25ClN2O. The molecule has 116 valence electrons. The predicted molar refractivity (Wildman–Crippen MR) is 85.8 cm³/mol. The number of fused-ring (bicyclic) bond motifs is 1. The Morgan fingerprint density at radius 2 is 2.05 bits per heavy atom. The number of rotatable bonds is 2. The summed E-state index contributed by atoms with van der Waals surface area (Å²) >= 11 is 6.17. The van der Waals surface area contributed by atoms with Crippen LogP contribution in [0.25, 0.3) is 0 Å². The molecule has 1 N–H and O–H groups in total. The van der Waals surface area contributed by atoms with Crippen molar-refractivity contribution < 1.29 is 4.74 Å². The summed E-state index contributed by atoms with van der Waals surface area (Å²) in [6.45, 7) is 3.03. The lowest BCUT2D eigenvalue weighted by molar-refractivity contribution is 0.154. The fourth-order valence-corrected chi connectivity index (χ4v) is 4.91. The third kappa shape index (κ3) is 2.80. The summed E-state index contributed by atoms with van der Waals surface area (Å²) in [5, 5.41) is 3.87. The van der Waals surface area contributed by atoms with Gasteiger partial charge in [-0.15, -0.1) is 11.6 Å². The van der Waals surface area contributed by atoms with Crippen LogP contribution in [0.5, 0.6) is 0 Å². The van der Waals surface area contributed by atoms with Gasteiger partial charge in [-0.05, 0) is 49.4 Å². The minimum Gasteiger partial charge on any atom is -0.381 e. The van der Waals surface area contributed by atoms with Crippen LogP contribution in [0.1, 0.15) is 25.7 Å². The number of allylic oxidation sites excluding steroid dienone is 2. The summed E-state index contributed by atoms with van der Waals surface area (Å²) in [6.07, 6.45) is 12.0. The van der Waals surface area contributed by atoms with Gasteiger partial charge in [-0.3, -0.25) is 10.3 Å². The van der Waals surface area contributed by atoms with Crippen LogP contribution in [-0.4, -0.2) is 37.5 Å². The number of hydrogen-bond acceptors (Lipinski definition) is 3. The Morgan fingerprint density at radius 1 is 1.10 bits per heavy atom. The Bertz CT molecular complexity index is 433. The minimum absolute atomic E-state index is 0.242. The maximum Gasteiger partial charge on any atom is 0.102 e. The molecule has 3 aliphatic heterocycles. The van der Waals surface area contributed by atoms with E-state index in [9.17, 15) is 0 Å². The van der Waals surface area contributed by atoms with Crippen molar-refractivity contribution in [1.29, 1.82) is 0 Å². The van der Waals surface area contributed by atoms with Crippen LogP contribution >= 0.6 is 11.6 Å². The molecule has 0 aromatic heterocycles. The van der Waals surface area contributed by atoms with Crippen molar-refractivity contribution in [2.45, 2.75) is 37.2 Å². The zero-order valence-corrected chi connectivity index (χ0v) is 13.2. The number of nitrogens with one attached hydrogen (secondary N) is 1. The van der Waals surface area contributed by atoms with Crippen LogP contribution in [0, 0.1) is 29.6 Å². The molecule has 3 nitrogen and oxygen atoms in total. The molecule has 1 aliphatic carbocycles. The van der Waals surface area contributed by atoms with Gasteiger partial charge >= 0.3 is 0 Å². The van der Waals surface area contributed by atoms with E-state index in [2.05, 4.69) is 23.7 Å². The van der Waals surface area contributed by atoms with Crippen LogP contribution in [0.15, 0.2) is 17.1 Å². The average Bonchev–Trinajstić information content (AvgIpc) is 3.16. The number of aliphatic imine (C=N–C) groups is 1. The predicted octanol–water partition coefficient (Wildman–Crippen LogP) is 2.85. The molecule has 0 aromatic carbocycles. The first kappa shape index (κ1) is 14.2. The lowest BCUT2D eigenvalue weighted by atomic mass is 9.72. The van der Waals surface area contributed by atoms with Gasteiger partial charge in [0.1, 0.15) is 6.17 Å².